The Labute approximate surface area is 124 Å². The molecule has 0 spiro atoms. The van der Waals surface area contributed by atoms with Gasteiger partial charge < -0.3 is 5.11 Å². The summed E-state index contributed by atoms with van der Waals surface area (Å²) in [7, 11) is 0. The van der Waals surface area contributed by atoms with E-state index >= 15 is 0 Å². The first-order valence-corrected chi connectivity index (χ1v) is 6.80. The number of aromatic nitrogens is 1. The molecule has 1 N–H and O–H groups in total. The molecule has 2 aromatic rings. The van der Waals surface area contributed by atoms with E-state index in [-0.39, 0.29) is 12.2 Å². The summed E-state index contributed by atoms with van der Waals surface area (Å²) in [5.41, 5.74) is 0.931. The Kier molecular flexibility index (Phi) is 4.63. The second-order valence-corrected chi connectivity index (χ2v) is 5.10. The maximum Gasteiger partial charge on any atom is 0.304 e. The van der Waals surface area contributed by atoms with Gasteiger partial charge in [0, 0.05) is 16.2 Å². The Morgan fingerprint density at radius 2 is 1.85 bits per heavy atom. The van der Waals surface area contributed by atoms with Crippen LogP contribution < -0.4 is 0 Å². The van der Waals surface area contributed by atoms with Crippen molar-refractivity contribution in [2.75, 3.05) is 0 Å². The van der Waals surface area contributed by atoms with Crippen molar-refractivity contribution >= 4 is 27.7 Å². The molecular weight excluding hydrogens is 322 g/mol. The molecule has 0 aliphatic carbocycles. The number of nitrogens with zero attached hydrogens (tertiary/aromatic N) is 1. The Hall–Kier alpha value is -2.01. The molecule has 4 nitrogen and oxygen atoms in total. The number of hydrogen-bond acceptors (Lipinski definition) is 3. The molecule has 1 heterocycles. The highest BCUT2D eigenvalue weighted by Gasteiger charge is 2.26. The minimum Gasteiger partial charge on any atom is -0.481 e. The summed E-state index contributed by atoms with van der Waals surface area (Å²) >= 11 is 3.32. The highest BCUT2D eigenvalue weighted by molar-refractivity contribution is 9.10. The number of carboxylic acids is 1. The molecule has 1 unspecified atom stereocenters. The van der Waals surface area contributed by atoms with Gasteiger partial charge in [-0.15, -0.1) is 0 Å². The number of carbonyl (C=O) groups is 2. The fourth-order valence-electron chi connectivity index (χ4n) is 1.94. The minimum absolute atomic E-state index is 0.251. The molecule has 5 heteroatoms. The normalized spacial score (nSPS) is 11.8. The van der Waals surface area contributed by atoms with Crippen LogP contribution in [-0.2, 0) is 4.79 Å². The second kappa shape index (κ2) is 6.43. The van der Waals surface area contributed by atoms with Crippen molar-refractivity contribution in [2.45, 2.75) is 12.3 Å². The van der Waals surface area contributed by atoms with E-state index in [9.17, 15) is 9.59 Å². The van der Waals surface area contributed by atoms with E-state index in [0.717, 1.165) is 0 Å². The largest absolute Gasteiger partial charge is 0.481 e. The molecule has 1 atom stereocenters. The first kappa shape index (κ1) is 14.4. The van der Waals surface area contributed by atoms with Gasteiger partial charge in [0.2, 0.25) is 0 Å². The molecule has 2 rings (SSSR count). The van der Waals surface area contributed by atoms with E-state index in [0.29, 0.717) is 15.7 Å². The highest BCUT2D eigenvalue weighted by atomic mass is 79.9. The van der Waals surface area contributed by atoms with Gasteiger partial charge in [0.25, 0.3) is 0 Å². The van der Waals surface area contributed by atoms with E-state index in [2.05, 4.69) is 20.9 Å². The lowest BCUT2D eigenvalue weighted by Crippen LogP contribution is -2.18. The maximum atomic E-state index is 12.6. The van der Waals surface area contributed by atoms with Gasteiger partial charge in [-0.1, -0.05) is 40.2 Å². The van der Waals surface area contributed by atoms with E-state index in [1.54, 1.807) is 48.7 Å². The number of carbonyl (C=O) groups excluding carboxylic acids is 1. The van der Waals surface area contributed by atoms with E-state index in [1.807, 2.05) is 0 Å². The summed E-state index contributed by atoms with van der Waals surface area (Å²) in [6.07, 6.45) is 1.27. The lowest BCUT2D eigenvalue weighted by molar-refractivity contribution is -0.137. The molecule has 0 radical (unpaired) electrons. The monoisotopic (exact) mass is 333 g/mol. The van der Waals surface area contributed by atoms with Crippen LogP contribution in [0.15, 0.2) is 53.1 Å². The number of rotatable bonds is 5. The van der Waals surface area contributed by atoms with Crippen LogP contribution in [-0.4, -0.2) is 21.8 Å². The Balaban J connectivity index is 2.40. The van der Waals surface area contributed by atoms with Gasteiger partial charge in [0.05, 0.1) is 18.0 Å². The standard InChI is InChI=1S/C15H12BrNO3/c16-12-6-2-1-5-10(12)15(20)11(9-14(18)19)13-7-3-4-8-17-13/h1-8,11H,9H2,(H,18,19). The third-order valence-corrected chi connectivity index (χ3v) is 3.57. The van der Waals surface area contributed by atoms with Crippen LogP contribution in [0.25, 0.3) is 0 Å². The Bertz CT molecular complexity index is 628. The van der Waals surface area contributed by atoms with Crippen molar-refractivity contribution < 1.29 is 14.7 Å². The second-order valence-electron chi connectivity index (χ2n) is 4.25. The van der Waals surface area contributed by atoms with E-state index < -0.39 is 11.9 Å². The fraction of sp³-hybridized carbons (Fsp3) is 0.133. The van der Waals surface area contributed by atoms with Gasteiger partial charge in [-0.3, -0.25) is 14.6 Å². The molecule has 102 valence electrons. The number of hydrogen-bond donors (Lipinski definition) is 1. The van der Waals surface area contributed by atoms with E-state index in [4.69, 9.17) is 5.11 Å². The molecule has 0 aliphatic rings. The smallest absolute Gasteiger partial charge is 0.304 e. The molecule has 0 saturated carbocycles. The van der Waals surface area contributed by atoms with Crippen LogP contribution >= 0.6 is 15.9 Å². The lowest BCUT2D eigenvalue weighted by Gasteiger charge is -2.14. The van der Waals surface area contributed by atoms with Crippen molar-refractivity contribution in [3.05, 3.63) is 64.4 Å². The molecule has 0 saturated heterocycles. The lowest BCUT2D eigenvalue weighted by atomic mass is 9.91. The van der Waals surface area contributed by atoms with Crippen LogP contribution in [0, 0.1) is 0 Å². The summed E-state index contributed by atoms with van der Waals surface area (Å²) in [6, 6.07) is 12.1. The Morgan fingerprint density at radius 1 is 1.15 bits per heavy atom. The zero-order valence-electron chi connectivity index (χ0n) is 10.5. The third-order valence-electron chi connectivity index (χ3n) is 2.88. The van der Waals surface area contributed by atoms with Crippen LogP contribution in [0.5, 0.6) is 0 Å². The number of carboxylic acid groups (broad SMARTS) is 1. The zero-order valence-corrected chi connectivity index (χ0v) is 12.1. The number of ketones is 1. The van der Waals surface area contributed by atoms with Crippen molar-refractivity contribution in [3.8, 4) is 0 Å². The molecule has 20 heavy (non-hydrogen) atoms. The summed E-state index contributed by atoms with van der Waals surface area (Å²) in [4.78, 5) is 27.7. The predicted molar refractivity (Wildman–Crippen MR) is 77.7 cm³/mol. The average molecular weight is 334 g/mol. The zero-order chi connectivity index (χ0) is 14.5. The number of benzene rings is 1. The molecule has 0 aliphatic heterocycles. The maximum absolute atomic E-state index is 12.6. The Morgan fingerprint density at radius 3 is 2.45 bits per heavy atom. The van der Waals surface area contributed by atoms with Gasteiger partial charge in [0.15, 0.2) is 5.78 Å². The van der Waals surface area contributed by atoms with Crippen LogP contribution in [0.1, 0.15) is 28.4 Å². The van der Waals surface area contributed by atoms with E-state index in [1.165, 1.54) is 0 Å². The van der Waals surface area contributed by atoms with Gasteiger partial charge in [-0.05, 0) is 18.2 Å². The van der Waals surface area contributed by atoms with Gasteiger partial charge in [0.1, 0.15) is 0 Å². The van der Waals surface area contributed by atoms with Gasteiger partial charge in [-0.25, -0.2) is 0 Å². The quantitative estimate of drug-likeness (QED) is 0.852. The van der Waals surface area contributed by atoms with Gasteiger partial charge in [-0.2, -0.15) is 0 Å². The van der Waals surface area contributed by atoms with Gasteiger partial charge >= 0.3 is 5.97 Å². The summed E-state index contributed by atoms with van der Waals surface area (Å²) in [5.74, 6) is -2.06. The summed E-state index contributed by atoms with van der Waals surface area (Å²) in [6.45, 7) is 0. The molecule has 0 bridgehead atoms. The predicted octanol–water partition coefficient (Wildman–Crippen LogP) is 3.29. The molecule has 1 aromatic carbocycles. The van der Waals surface area contributed by atoms with Crippen LogP contribution in [0.2, 0.25) is 0 Å². The van der Waals surface area contributed by atoms with Crippen molar-refractivity contribution in [2.24, 2.45) is 0 Å². The molecule has 1 aromatic heterocycles. The van der Waals surface area contributed by atoms with Crippen LogP contribution in [0.3, 0.4) is 0 Å². The first-order chi connectivity index (χ1) is 9.59. The van der Waals surface area contributed by atoms with Crippen LogP contribution in [0.4, 0.5) is 0 Å². The fourth-order valence-corrected chi connectivity index (χ4v) is 2.42. The van der Waals surface area contributed by atoms with Crippen molar-refractivity contribution in [3.63, 3.8) is 0 Å². The first-order valence-electron chi connectivity index (χ1n) is 6.01. The highest BCUT2D eigenvalue weighted by Crippen LogP contribution is 2.26. The number of Topliss-reactive ketones (excluding diaryl/α,β-unsaturated/α-hetero) is 1. The topological polar surface area (TPSA) is 67.3 Å². The molecule has 0 fully saturated rings. The molecule has 0 amide bonds. The van der Waals surface area contributed by atoms with Crippen molar-refractivity contribution in [1.29, 1.82) is 0 Å². The number of aliphatic carboxylic acids is 1. The summed E-state index contributed by atoms with van der Waals surface area (Å²) < 4.78 is 0.649. The average Bonchev–Trinajstić information content (AvgIpc) is 2.45. The molecular formula is C15H12BrNO3. The third kappa shape index (κ3) is 3.30. The minimum atomic E-state index is -1.03. The number of halogens is 1. The summed E-state index contributed by atoms with van der Waals surface area (Å²) in [5, 5.41) is 9.02. The SMILES string of the molecule is O=C(O)CC(C(=O)c1ccccc1Br)c1ccccn1. The number of pyridine rings is 1. The van der Waals surface area contributed by atoms with Crippen molar-refractivity contribution in [1.82, 2.24) is 4.98 Å².